The van der Waals surface area contributed by atoms with Crippen LogP contribution in [0.2, 0.25) is 5.02 Å². The molecule has 1 N–H and O–H groups in total. The summed E-state index contributed by atoms with van der Waals surface area (Å²) in [7, 11) is 0. The average molecular weight is 203 g/mol. The van der Waals surface area contributed by atoms with Gasteiger partial charge >= 0.3 is 0 Å². The van der Waals surface area contributed by atoms with Crippen LogP contribution in [0.15, 0.2) is 17.0 Å². The summed E-state index contributed by atoms with van der Waals surface area (Å²) in [5, 5.41) is 9.90. The summed E-state index contributed by atoms with van der Waals surface area (Å²) in [5.41, 5.74) is 0.267. The molecule has 1 aromatic rings. The summed E-state index contributed by atoms with van der Waals surface area (Å²) in [6, 6.07) is 3.08. The number of rotatable bonds is 2. The third kappa shape index (κ3) is 1.57. The summed E-state index contributed by atoms with van der Waals surface area (Å²) in [6.07, 6.45) is 2.39. The molecule has 1 rings (SSSR count). The van der Waals surface area contributed by atoms with Gasteiger partial charge in [0.1, 0.15) is 5.75 Å². The molecule has 0 heterocycles. The first-order valence-electron chi connectivity index (χ1n) is 3.21. The summed E-state index contributed by atoms with van der Waals surface area (Å²) in [6.45, 7) is 0. The van der Waals surface area contributed by atoms with Gasteiger partial charge in [-0.2, -0.15) is 0 Å². The molecule has 0 saturated carbocycles. The van der Waals surface area contributed by atoms with Crippen LogP contribution in [-0.2, 0) is 0 Å². The predicted octanol–water partition coefficient (Wildman–Crippen LogP) is 2.58. The molecule has 0 fully saturated rings. The van der Waals surface area contributed by atoms with E-state index in [1.807, 2.05) is 0 Å². The molecule has 0 radical (unpaired) electrons. The van der Waals surface area contributed by atoms with Gasteiger partial charge in [-0.1, -0.05) is 11.6 Å². The van der Waals surface area contributed by atoms with Crippen LogP contribution < -0.4 is 0 Å². The van der Waals surface area contributed by atoms with Crippen molar-refractivity contribution >= 4 is 29.6 Å². The van der Waals surface area contributed by atoms with E-state index >= 15 is 0 Å². The van der Waals surface area contributed by atoms with Crippen molar-refractivity contribution in [2.24, 2.45) is 0 Å². The van der Waals surface area contributed by atoms with E-state index in [0.717, 1.165) is 0 Å². The molecule has 0 spiro atoms. The smallest absolute Gasteiger partial charge is 0.153 e. The van der Waals surface area contributed by atoms with Crippen molar-refractivity contribution in [2.45, 2.75) is 4.90 Å². The van der Waals surface area contributed by atoms with Crippen molar-refractivity contribution in [1.29, 1.82) is 0 Å². The van der Waals surface area contributed by atoms with E-state index in [2.05, 4.69) is 0 Å². The molecule has 0 unspecified atom stereocenters. The fourth-order valence-corrected chi connectivity index (χ4v) is 1.81. The Morgan fingerprint density at radius 1 is 1.58 bits per heavy atom. The third-order valence-corrected chi connectivity index (χ3v) is 2.69. The van der Waals surface area contributed by atoms with Crippen LogP contribution in [-0.4, -0.2) is 17.6 Å². The zero-order valence-corrected chi connectivity index (χ0v) is 7.95. The number of halogens is 1. The fourth-order valence-electron chi connectivity index (χ4n) is 0.851. The predicted molar refractivity (Wildman–Crippen MR) is 50.3 cm³/mol. The minimum Gasteiger partial charge on any atom is -0.506 e. The van der Waals surface area contributed by atoms with Gasteiger partial charge in [-0.15, -0.1) is 11.8 Å². The van der Waals surface area contributed by atoms with Crippen LogP contribution in [0.5, 0.6) is 5.75 Å². The molecule has 0 aromatic heterocycles. The standard InChI is InChI=1S/C8H7ClO2S/c1-12-8-6(9)3-2-5(4-10)7(8)11/h2-4,11H,1H3. The van der Waals surface area contributed by atoms with E-state index in [0.29, 0.717) is 16.2 Å². The third-order valence-electron chi connectivity index (χ3n) is 1.45. The van der Waals surface area contributed by atoms with Crippen molar-refractivity contribution < 1.29 is 9.90 Å². The first-order valence-corrected chi connectivity index (χ1v) is 4.81. The Balaban J connectivity index is 3.33. The number of aromatic hydroxyl groups is 1. The highest BCUT2D eigenvalue weighted by molar-refractivity contribution is 7.98. The zero-order chi connectivity index (χ0) is 9.14. The number of carbonyl (C=O) groups is 1. The molecule has 0 aliphatic heterocycles. The Morgan fingerprint density at radius 2 is 2.25 bits per heavy atom. The molecule has 0 aliphatic rings. The number of hydrogen-bond donors (Lipinski definition) is 1. The highest BCUT2D eigenvalue weighted by Gasteiger charge is 2.09. The van der Waals surface area contributed by atoms with Crippen molar-refractivity contribution in [2.75, 3.05) is 6.26 Å². The van der Waals surface area contributed by atoms with Gasteiger partial charge < -0.3 is 5.11 Å². The van der Waals surface area contributed by atoms with E-state index in [-0.39, 0.29) is 11.3 Å². The largest absolute Gasteiger partial charge is 0.506 e. The Morgan fingerprint density at radius 3 is 2.75 bits per heavy atom. The number of aldehydes is 1. The van der Waals surface area contributed by atoms with Crippen LogP contribution in [0.1, 0.15) is 10.4 Å². The van der Waals surface area contributed by atoms with Crippen LogP contribution >= 0.6 is 23.4 Å². The maximum atomic E-state index is 10.4. The van der Waals surface area contributed by atoms with Gasteiger partial charge in [0, 0.05) is 0 Å². The van der Waals surface area contributed by atoms with Crippen molar-refractivity contribution in [3.05, 3.63) is 22.7 Å². The number of phenols is 1. The van der Waals surface area contributed by atoms with Crippen molar-refractivity contribution in [1.82, 2.24) is 0 Å². The topological polar surface area (TPSA) is 37.3 Å². The average Bonchev–Trinajstić information content (AvgIpc) is 2.06. The first kappa shape index (κ1) is 9.42. The lowest BCUT2D eigenvalue weighted by Gasteiger charge is -2.04. The summed E-state index contributed by atoms with van der Waals surface area (Å²) in [4.78, 5) is 10.9. The lowest BCUT2D eigenvalue weighted by molar-refractivity contribution is 0.112. The first-order chi connectivity index (χ1) is 5.70. The fraction of sp³-hybridized carbons (Fsp3) is 0.125. The van der Waals surface area contributed by atoms with E-state index in [1.54, 1.807) is 12.3 Å². The lowest BCUT2D eigenvalue weighted by Crippen LogP contribution is -1.84. The molecular weight excluding hydrogens is 196 g/mol. The maximum Gasteiger partial charge on any atom is 0.153 e. The van der Waals surface area contributed by atoms with E-state index in [1.165, 1.54) is 17.8 Å². The van der Waals surface area contributed by atoms with Crippen molar-refractivity contribution in [3.8, 4) is 5.75 Å². The molecule has 0 saturated heterocycles. The monoisotopic (exact) mass is 202 g/mol. The van der Waals surface area contributed by atoms with Crippen molar-refractivity contribution in [3.63, 3.8) is 0 Å². The molecule has 0 atom stereocenters. The number of benzene rings is 1. The molecule has 64 valence electrons. The molecule has 12 heavy (non-hydrogen) atoms. The Bertz CT molecular complexity index is 312. The van der Waals surface area contributed by atoms with Gasteiger partial charge in [0.2, 0.25) is 0 Å². The van der Waals surface area contributed by atoms with Gasteiger partial charge in [0.15, 0.2) is 6.29 Å². The van der Waals surface area contributed by atoms with Crippen LogP contribution in [0.3, 0.4) is 0 Å². The van der Waals surface area contributed by atoms with Gasteiger partial charge in [0.25, 0.3) is 0 Å². The summed E-state index contributed by atoms with van der Waals surface area (Å²) >= 11 is 7.07. The molecule has 2 nitrogen and oxygen atoms in total. The SMILES string of the molecule is CSc1c(Cl)ccc(C=O)c1O. The Kier molecular flexibility index (Phi) is 3.00. The highest BCUT2D eigenvalue weighted by Crippen LogP contribution is 2.35. The van der Waals surface area contributed by atoms with E-state index < -0.39 is 0 Å². The molecule has 0 amide bonds. The van der Waals surface area contributed by atoms with Crippen LogP contribution in [0, 0.1) is 0 Å². The summed E-state index contributed by atoms with van der Waals surface area (Å²) in [5.74, 6) is -0.0370. The second-order valence-corrected chi connectivity index (χ2v) is 3.36. The van der Waals surface area contributed by atoms with E-state index in [9.17, 15) is 9.90 Å². The van der Waals surface area contributed by atoms with Crippen LogP contribution in [0.4, 0.5) is 0 Å². The zero-order valence-electron chi connectivity index (χ0n) is 6.37. The minimum atomic E-state index is -0.0370. The van der Waals surface area contributed by atoms with Gasteiger partial charge in [-0.3, -0.25) is 4.79 Å². The molecular formula is C8H7ClO2S. The highest BCUT2D eigenvalue weighted by atomic mass is 35.5. The quantitative estimate of drug-likeness (QED) is 0.592. The summed E-state index contributed by atoms with van der Waals surface area (Å²) < 4.78 is 0. The van der Waals surface area contributed by atoms with Crippen LogP contribution in [0.25, 0.3) is 0 Å². The number of carbonyl (C=O) groups excluding carboxylic acids is 1. The van der Waals surface area contributed by atoms with E-state index in [4.69, 9.17) is 11.6 Å². The minimum absolute atomic E-state index is 0.0370. The second kappa shape index (κ2) is 3.83. The lowest BCUT2D eigenvalue weighted by atomic mass is 10.2. The number of hydrogen-bond acceptors (Lipinski definition) is 3. The maximum absolute atomic E-state index is 10.4. The Hall–Kier alpha value is -0.670. The molecule has 0 aliphatic carbocycles. The van der Waals surface area contributed by atoms with Gasteiger partial charge in [0.05, 0.1) is 15.5 Å². The Labute approximate surface area is 79.5 Å². The van der Waals surface area contributed by atoms with Gasteiger partial charge in [-0.25, -0.2) is 0 Å². The normalized spacial score (nSPS) is 9.83. The number of thioether (sulfide) groups is 1. The van der Waals surface area contributed by atoms with Gasteiger partial charge in [-0.05, 0) is 18.4 Å². The molecule has 1 aromatic carbocycles. The number of phenolic OH excluding ortho intramolecular Hbond substituents is 1. The second-order valence-electron chi connectivity index (χ2n) is 2.14. The molecule has 0 bridgehead atoms. The molecule has 4 heteroatoms.